The Labute approximate surface area is 238 Å². The molecule has 0 aromatic rings. The van der Waals surface area contributed by atoms with Gasteiger partial charge in [-0.3, -0.25) is 0 Å². The Morgan fingerprint density at radius 3 is 1.16 bits per heavy atom. The van der Waals surface area contributed by atoms with Gasteiger partial charge in [-0.1, -0.05) is 0 Å². The number of rotatable bonds is 7. The van der Waals surface area contributed by atoms with E-state index in [4.69, 9.17) is 33.9 Å². The van der Waals surface area contributed by atoms with E-state index in [1.54, 1.807) is 0 Å². The van der Waals surface area contributed by atoms with Crippen molar-refractivity contribution in [3.8, 4) is 0 Å². The van der Waals surface area contributed by atoms with Gasteiger partial charge in [-0.2, -0.15) is 0 Å². The molecule has 2 aliphatic heterocycles. The number of thiocarbonyl (C=S) groups is 2. The van der Waals surface area contributed by atoms with Gasteiger partial charge in [0.1, 0.15) is 11.2 Å². The van der Waals surface area contributed by atoms with Gasteiger partial charge in [0.15, 0.2) is 10.2 Å². The number of nitrogens with one attached hydrogen (secondary N) is 4. The van der Waals surface area contributed by atoms with E-state index >= 15 is 0 Å². The summed E-state index contributed by atoms with van der Waals surface area (Å²) in [5, 5.41) is 18.1. The Hall–Kier alpha value is -2.16. The van der Waals surface area contributed by atoms with Crippen LogP contribution in [0, 0.1) is 0 Å². The second-order valence-corrected chi connectivity index (χ2v) is 12.0. The fraction of sp³-hybridized carbons (Fsp3) is 0.833. The minimum atomic E-state index is -0.510. The highest BCUT2D eigenvalue weighted by molar-refractivity contribution is 7.80. The van der Waals surface area contributed by atoms with E-state index in [1.807, 2.05) is 41.5 Å². The van der Waals surface area contributed by atoms with E-state index in [-0.39, 0.29) is 0 Å². The number of hydrazine groups is 1. The zero-order valence-corrected chi connectivity index (χ0v) is 25.4. The van der Waals surface area contributed by atoms with Crippen molar-refractivity contribution in [3.63, 3.8) is 0 Å². The van der Waals surface area contributed by atoms with E-state index in [0.717, 1.165) is 52.4 Å². The molecule has 0 bridgehead atoms. The van der Waals surface area contributed by atoms with Gasteiger partial charge in [0, 0.05) is 78.5 Å². The van der Waals surface area contributed by atoms with Crippen LogP contribution in [0.4, 0.5) is 9.59 Å². The van der Waals surface area contributed by atoms with Gasteiger partial charge in [0.05, 0.1) is 0 Å². The third-order valence-electron chi connectivity index (χ3n) is 5.63. The van der Waals surface area contributed by atoms with Crippen LogP contribution in [0.15, 0.2) is 0 Å². The van der Waals surface area contributed by atoms with Crippen molar-refractivity contribution in [2.24, 2.45) is 0 Å². The molecule has 2 aliphatic rings. The summed E-state index contributed by atoms with van der Waals surface area (Å²) in [7, 11) is 0. The molecule has 2 amide bonds. The van der Waals surface area contributed by atoms with E-state index < -0.39 is 23.4 Å². The van der Waals surface area contributed by atoms with Gasteiger partial charge < -0.3 is 40.5 Å². The third-order valence-corrected chi connectivity index (χ3v) is 6.43. The maximum absolute atomic E-state index is 11.7. The van der Waals surface area contributed by atoms with Gasteiger partial charge in [-0.15, -0.1) is 0 Å². The lowest BCUT2D eigenvalue weighted by atomic mass is 10.2. The first-order valence-corrected chi connectivity index (χ1v) is 14.0. The molecule has 0 atom stereocenters. The van der Waals surface area contributed by atoms with Crippen LogP contribution in [-0.4, -0.2) is 132 Å². The SMILES string of the molecule is CC(C)(C)OC(=O)NCCNC(=S)N1CCN(N2CCN(C(=S)NCCNC(=O)OC(C)(C)C)CC2)CC1. The minimum absolute atomic E-state index is 0.425. The highest BCUT2D eigenvalue weighted by atomic mass is 32.1. The lowest BCUT2D eigenvalue weighted by Gasteiger charge is -2.45. The number of hydrogen-bond acceptors (Lipinski definition) is 8. The molecule has 2 saturated heterocycles. The largest absolute Gasteiger partial charge is 0.444 e. The van der Waals surface area contributed by atoms with Crippen LogP contribution in [0.3, 0.4) is 0 Å². The van der Waals surface area contributed by atoms with Crippen molar-refractivity contribution in [1.82, 2.24) is 41.1 Å². The lowest BCUT2D eigenvalue weighted by molar-refractivity contribution is -0.0660. The van der Waals surface area contributed by atoms with Crippen molar-refractivity contribution in [2.45, 2.75) is 52.7 Å². The summed E-state index contributed by atoms with van der Waals surface area (Å²) < 4.78 is 10.5. The number of carbonyl (C=O) groups is 2. The molecule has 2 rings (SSSR count). The topological polar surface area (TPSA) is 114 Å². The molecule has 0 saturated carbocycles. The summed E-state index contributed by atoms with van der Waals surface area (Å²) in [4.78, 5) is 27.8. The number of amides is 2. The summed E-state index contributed by atoms with van der Waals surface area (Å²) in [6.07, 6.45) is -0.851. The minimum Gasteiger partial charge on any atom is -0.444 e. The molecule has 12 nitrogen and oxygen atoms in total. The van der Waals surface area contributed by atoms with Gasteiger partial charge in [0.2, 0.25) is 0 Å². The van der Waals surface area contributed by atoms with Crippen molar-refractivity contribution < 1.29 is 19.1 Å². The molecule has 2 heterocycles. The fourth-order valence-electron chi connectivity index (χ4n) is 3.88. The molecule has 0 spiro atoms. The monoisotopic (exact) mass is 574 g/mol. The molecule has 38 heavy (non-hydrogen) atoms. The van der Waals surface area contributed by atoms with E-state index in [1.165, 1.54) is 0 Å². The first kappa shape index (κ1) is 32.1. The predicted octanol–water partition coefficient (Wildman–Crippen LogP) is 0.935. The average Bonchev–Trinajstić information content (AvgIpc) is 2.82. The highest BCUT2D eigenvalue weighted by Crippen LogP contribution is 2.11. The van der Waals surface area contributed by atoms with Crippen LogP contribution >= 0.6 is 24.4 Å². The predicted molar refractivity (Wildman–Crippen MR) is 156 cm³/mol. The summed E-state index contributed by atoms with van der Waals surface area (Å²) in [6.45, 7) is 20.0. The standard InChI is InChI=1S/C24H46N8O4S2/c1-23(2,3)35-21(33)27-9-7-25-19(37)29-11-15-31(16-12-29)32-17-13-30(14-18-32)20(38)26-8-10-28-22(34)36-24(4,5)6/h7-18H2,1-6H3,(H,25,37)(H,26,38)(H,27,33)(H,28,34). The number of hydrogen-bond donors (Lipinski definition) is 4. The zero-order valence-electron chi connectivity index (χ0n) is 23.7. The molecule has 4 N–H and O–H groups in total. The van der Waals surface area contributed by atoms with Crippen LogP contribution < -0.4 is 21.3 Å². The normalized spacial score (nSPS) is 17.4. The van der Waals surface area contributed by atoms with E-state index in [0.29, 0.717) is 36.4 Å². The molecule has 0 aliphatic carbocycles. The van der Waals surface area contributed by atoms with E-state index in [9.17, 15) is 9.59 Å². The first-order valence-electron chi connectivity index (χ1n) is 13.2. The zero-order chi connectivity index (χ0) is 28.3. The van der Waals surface area contributed by atoms with Crippen LogP contribution in [0.5, 0.6) is 0 Å². The van der Waals surface area contributed by atoms with Crippen LogP contribution in [0.1, 0.15) is 41.5 Å². The Morgan fingerprint density at radius 1 is 0.579 bits per heavy atom. The number of nitrogens with zero attached hydrogens (tertiary/aromatic N) is 4. The van der Waals surface area contributed by atoms with Gasteiger partial charge in [-0.25, -0.2) is 19.6 Å². The Bertz CT molecular complexity index is 736. The fourth-order valence-corrected chi connectivity index (χ4v) is 4.45. The van der Waals surface area contributed by atoms with Crippen LogP contribution in [0.2, 0.25) is 0 Å². The summed E-state index contributed by atoms with van der Waals surface area (Å²) in [6, 6.07) is 0. The lowest BCUT2D eigenvalue weighted by Crippen LogP contribution is -2.61. The summed E-state index contributed by atoms with van der Waals surface area (Å²) in [5.74, 6) is 0. The number of piperazine rings is 2. The Morgan fingerprint density at radius 2 is 0.868 bits per heavy atom. The molecule has 14 heteroatoms. The van der Waals surface area contributed by atoms with Crippen molar-refractivity contribution in [2.75, 3.05) is 78.5 Å². The number of ether oxygens (including phenoxy) is 2. The molecule has 0 aromatic heterocycles. The molecular weight excluding hydrogens is 528 g/mol. The quantitative estimate of drug-likeness (QED) is 0.256. The van der Waals surface area contributed by atoms with Gasteiger partial charge >= 0.3 is 12.2 Å². The van der Waals surface area contributed by atoms with E-state index in [2.05, 4.69) is 41.1 Å². The van der Waals surface area contributed by atoms with Gasteiger partial charge in [-0.05, 0) is 66.0 Å². The third kappa shape index (κ3) is 12.6. The summed E-state index contributed by atoms with van der Waals surface area (Å²) in [5.41, 5.74) is -1.02. The van der Waals surface area contributed by atoms with Crippen molar-refractivity contribution in [1.29, 1.82) is 0 Å². The second kappa shape index (κ2) is 14.8. The van der Waals surface area contributed by atoms with Gasteiger partial charge in [0.25, 0.3) is 0 Å². The average molecular weight is 575 g/mol. The molecular formula is C24H46N8O4S2. The molecule has 0 unspecified atom stereocenters. The maximum Gasteiger partial charge on any atom is 0.407 e. The molecule has 2 fully saturated rings. The Balaban J connectivity index is 1.57. The second-order valence-electron chi connectivity index (χ2n) is 11.2. The molecule has 0 aromatic carbocycles. The van der Waals surface area contributed by atoms with Crippen molar-refractivity contribution in [3.05, 3.63) is 0 Å². The Kier molecular flexibility index (Phi) is 12.5. The number of alkyl carbamates (subject to hydrolysis) is 2. The van der Waals surface area contributed by atoms with Crippen LogP contribution in [0.25, 0.3) is 0 Å². The highest BCUT2D eigenvalue weighted by Gasteiger charge is 2.27. The maximum atomic E-state index is 11.7. The van der Waals surface area contributed by atoms with Crippen LogP contribution in [-0.2, 0) is 9.47 Å². The molecule has 0 radical (unpaired) electrons. The first-order chi connectivity index (χ1) is 17.7. The van der Waals surface area contributed by atoms with Crippen molar-refractivity contribution >= 4 is 46.8 Å². The summed E-state index contributed by atoms with van der Waals surface area (Å²) >= 11 is 11.1. The smallest absolute Gasteiger partial charge is 0.407 e. The molecule has 218 valence electrons. The number of carbonyl (C=O) groups excluding carboxylic acids is 2.